The van der Waals surface area contributed by atoms with Crippen LogP contribution in [0.2, 0.25) is 0 Å². The predicted molar refractivity (Wildman–Crippen MR) is 113 cm³/mol. The van der Waals surface area contributed by atoms with Crippen molar-refractivity contribution in [3.63, 3.8) is 0 Å². The Morgan fingerprint density at radius 2 is 1.87 bits per heavy atom. The van der Waals surface area contributed by atoms with E-state index in [4.69, 9.17) is 19.5 Å². The Labute approximate surface area is 179 Å². The Morgan fingerprint density at radius 3 is 2.71 bits per heavy atom. The lowest BCUT2D eigenvalue weighted by Crippen LogP contribution is -2.42. The van der Waals surface area contributed by atoms with Crippen molar-refractivity contribution in [1.29, 1.82) is 5.26 Å². The molecule has 0 saturated heterocycles. The molecule has 2 aliphatic rings. The minimum Gasteiger partial charge on any atom is -0.479 e. The van der Waals surface area contributed by atoms with Gasteiger partial charge >= 0.3 is 0 Å². The summed E-state index contributed by atoms with van der Waals surface area (Å²) in [6.07, 6.45) is -0.363. The quantitative estimate of drug-likeness (QED) is 0.679. The van der Waals surface area contributed by atoms with Crippen molar-refractivity contribution in [3.8, 4) is 23.3 Å². The van der Waals surface area contributed by atoms with Gasteiger partial charge < -0.3 is 24.4 Å². The van der Waals surface area contributed by atoms with Crippen LogP contribution in [-0.2, 0) is 6.54 Å². The van der Waals surface area contributed by atoms with Crippen molar-refractivity contribution in [1.82, 2.24) is 4.90 Å². The molecular formula is C24H19N3O4. The Balaban J connectivity index is 1.48. The fraction of sp³-hybridized carbons (Fsp3) is 0.167. The number of carbonyl (C=O) groups excluding carboxylic acids is 1. The van der Waals surface area contributed by atoms with Gasteiger partial charge in [-0.15, -0.1) is 0 Å². The number of anilines is 1. The minimum absolute atomic E-state index is 0.0108. The standard InChI is InChI=1S/C24H19N3O4/c25-11-12-29-18-8-6-17(7-9-18)23-26-20-4-2-1-3-19(20)24(28)27(23)14-16-5-10-21-22(13-16)31-15-30-21/h1-10,13,23,26H,12,14-15H2/t23-/m0/s1. The zero-order valence-corrected chi connectivity index (χ0v) is 16.6. The maximum atomic E-state index is 13.4. The normalized spacial score (nSPS) is 16.3. The fourth-order valence-electron chi connectivity index (χ4n) is 3.82. The van der Waals surface area contributed by atoms with Crippen LogP contribution in [0.1, 0.15) is 27.7 Å². The topological polar surface area (TPSA) is 83.8 Å². The van der Waals surface area contributed by atoms with Crippen LogP contribution in [0.15, 0.2) is 66.7 Å². The number of hydrogen-bond donors (Lipinski definition) is 1. The Kier molecular flexibility index (Phi) is 4.81. The lowest BCUT2D eigenvalue weighted by Gasteiger charge is -2.38. The van der Waals surface area contributed by atoms with Crippen molar-refractivity contribution >= 4 is 11.6 Å². The summed E-state index contributed by atoms with van der Waals surface area (Å²) in [7, 11) is 0. The zero-order valence-electron chi connectivity index (χ0n) is 16.6. The smallest absolute Gasteiger partial charge is 0.258 e. The number of amides is 1. The van der Waals surface area contributed by atoms with Crippen LogP contribution in [0.25, 0.3) is 0 Å². The van der Waals surface area contributed by atoms with E-state index in [2.05, 4.69) is 5.32 Å². The van der Waals surface area contributed by atoms with Gasteiger partial charge in [0.15, 0.2) is 18.1 Å². The molecule has 2 heterocycles. The molecule has 1 N–H and O–H groups in total. The number of nitrogens with zero attached hydrogens (tertiary/aromatic N) is 2. The third-order valence-corrected chi connectivity index (χ3v) is 5.31. The number of nitrogens with one attached hydrogen (secondary N) is 1. The first kappa shape index (κ1) is 18.8. The molecule has 0 bridgehead atoms. The predicted octanol–water partition coefficient (Wildman–Crippen LogP) is 4.08. The van der Waals surface area contributed by atoms with Crippen molar-refractivity contribution in [2.75, 3.05) is 18.7 Å². The van der Waals surface area contributed by atoms with Gasteiger partial charge in [-0.3, -0.25) is 4.79 Å². The summed E-state index contributed by atoms with van der Waals surface area (Å²) < 4.78 is 16.2. The molecule has 2 aliphatic heterocycles. The summed E-state index contributed by atoms with van der Waals surface area (Å²) in [5, 5.41) is 12.2. The number of hydrogen-bond acceptors (Lipinski definition) is 6. The second-order valence-electron chi connectivity index (χ2n) is 7.23. The van der Waals surface area contributed by atoms with Crippen LogP contribution in [0.4, 0.5) is 5.69 Å². The largest absolute Gasteiger partial charge is 0.479 e. The molecule has 0 aliphatic carbocycles. The molecule has 7 nitrogen and oxygen atoms in total. The molecule has 3 aromatic carbocycles. The lowest BCUT2D eigenvalue weighted by atomic mass is 10.0. The first-order valence-electron chi connectivity index (χ1n) is 9.88. The van der Waals surface area contributed by atoms with Gasteiger partial charge in [0.05, 0.1) is 5.56 Å². The molecule has 154 valence electrons. The van der Waals surface area contributed by atoms with Crippen molar-refractivity contribution < 1.29 is 19.0 Å². The SMILES string of the molecule is N#CCOc1ccc([C@H]2Nc3ccccc3C(=O)N2Cc2ccc3c(c2)OCO3)cc1. The molecule has 5 rings (SSSR count). The summed E-state index contributed by atoms with van der Waals surface area (Å²) >= 11 is 0. The molecule has 7 heteroatoms. The first-order chi connectivity index (χ1) is 15.2. The van der Waals surface area contributed by atoms with E-state index in [0.717, 1.165) is 16.8 Å². The number of rotatable bonds is 5. The lowest BCUT2D eigenvalue weighted by molar-refractivity contribution is 0.0666. The number of benzene rings is 3. The van der Waals surface area contributed by atoms with E-state index in [9.17, 15) is 4.79 Å². The summed E-state index contributed by atoms with van der Waals surface area (Å²) in [4.78, 5) is 15.2. The van der Waals surface area contributed by atoms with Gasteiger partial charge in [-0.1, -0.05) is 30.3 Å². The highest BCUT2D eigenvalue weighted by Gasteiger charge is 2.33. The van der Waals surface area contributed by atoms with Crippen LogP contribution in [0.5, 0.6) is 17.2 Å². The summed E-state index contributed by atoms with van der Waals surface area (Å²) in [6.45, 7) is 0.594. The van der Waals surface area contributed by atoms with Gasteiger partial charge in [-0.05, 0) is 47.5 Å². The molecule has 0 fully saturated rings. The highest BCUT2D eigenvalue weighted by molar-refractivity contribution is 6.01. The minimum atomic E-state index is -0.363. The van der Waals surface area contributed by atoms with E-state index in [1.54, 1.807) is 17.0 Å². The number of fused-ring (bicyclic) bond motifs is 2. The molecule has 0 unspecified atom stereocenters. The second-order valence-corrected chi connectivity index (χ2v) is 7.23. The van der Waals surface area contributed by atoms with Gasteiger partial charge in [-0.25, -0.2) is 0 Å². The molecule has 1 amide bonds. The fourth-order valence-corrected chi connectivity index (χ4v) is 3.82. The van der Waals surface area contributed by atoms with Crippen molar-refractivity contribution in [2.45, 2.75) is 12.7 Å². The van der Waals surface area contributed by atoms with E-state index in [-0.39, 0.29) is 25.5 Å². The Hall–Kier alpha value is -4.18. The molecule has 0 saturated carbocycles. The van der Waals surface area contributed by atoms with Gasteiger partial charge in [0.2, 0.25) is 6.79 Å². The van der Waals surface area contributed by atoms with Gasteiger partial charge in [-0.2, -0.15) is 5.26 Å². The molecule has 0 radical (unpaired) electrons. The first-order valence-corrected chi connectivity index (χ1v) is 9.88. The highest BCUT2D eigenvalue weighted by Crippen LogP contribution is 2.37. The summed E-state index contributed by atoms with van der Waals surface area (Å²) in [6, 6.07) is 22.6. The molecule has 31 heavy (non-hydrogen) atoms. The Morgan fingerprint density at radius 1 is 1.06 bits per heavy atom. The average Bonchev–Trinajstić information content (AvgIpc) is 3.28. The van der Waals surface area contributed by atoms with Gasteiger partial charge in [0.25, 0.3) is 5.91 Å². The monoisotopic (exact) mass is 413 g/mol. The second kappa shape index (κ2) is 7.92. The zero-order chi connectivity index (χ0) is 21.2. The van der Waals surface area contributed by atoms with Crippen LogP contribution < -0.4 is 19.5 Å². The van der Waals surface area contributed by atoms with E-state index < -0.39 is 0 Å². The van der Waals surface area contributed by atoms with Crippen molar-refractivity contribution in [2.24, 2.45) is 0 Å². The molecule has 0 spiro atoms. The maximum Gasteiger partial charge on any atom is 0.258 e. The Bertz CT molecular complexity index is 1170. The van der Waals surface area contributed by atoms with E-state index >= 15 is 0 Å². The number of para-hydroxylation sites is 1. The van der Waals surface area contributed by atoms with E-state index in [0.29, 0.717) is 29.4 Å². The maximum absolute atomic E-state index is 13.4. The third-order valence-electron chi connectivity index (χ3n) is 5.31. The van der Waals surface area contributed by atoms with E-state index in [1.807, 2.05) is 60.7 Å². The van der Waals surface area contributed by atoms with Crippen LogP contribution >= 0.6 is 0 Å². The van der Waals surface area contributed by atoms with Crippen LogP contribution in [0.3, 0.4) is 0 Å². The molecular weight excluding hydrogens is 394 g/mol. The van der Waals surface area contributed by atoms with Crippen LogP contribution in [0, 0.1) is 11.3 Å². The summed E-state index contributed by atoms with van der Waals surface area (Å²) in [5.74, 6) is 1.95. The number of nitriles is 1. The number of ether oxygens (including phenoxy) is 3. The highest BCUT2D eigenvalue weighted by atomic mass is 16.7. The van der Waals surface area contributed by atoms with Gasteiger partial charge in [0, 0.05) is 12.2 Å². The van der Waals surface area contributed by atoms with Crippen molar-refractivity contribution in [3.05, 3.63) is 83.4 Å². The summed E-state index contributed by atoms with van der Waals surface area (Å²) in [5.41, 5.74) is 3.28. The third kappa shape index (κ3) is 3.60. The average molecular weight is 413 g/mol. The molecule has 3 aromatic rings. The number of carbonyl (C=O) groups is 1. The van der Waals surface area contributed by atoms with E-state index in [1.165, 1.54) is 0 Å². The molecule has 1 atom stereocenters. The molecule has 0 aromatic heterocycles. The van der Waals surface area contributed by atoms with Crippen LogP contribution in [-0.4, -0.2) is 24.2 Å². The van der Waals surface area contributed by atoms with Gasteiger partial charge in [0.1, 0.15) is 18.0 Å².